The maximum Gasteiger partial charge on any atom is 0.347 e. The van der Waals surface area contributed by atoms with Gasteiger partial charge in [0.1, 0.15) is 5.75 Å². The summed E-state index contributed by atoms with van der Waals surface area (Å²) in [6, 6.07) is 11.2. The molecule has 2 aromatic heterocycles. The molecule has 0 spiro atoms. The molecule has 0 unspecified atom stereocenters. The summed E-state index contributed by atoms with van der Waals surface area (Å²) >= 11 is 0. The number of rotatable bonds is 4. The Morgan fingerprint density at radius 1 is 1.06 bits per heavy atom. The lowest BCUT2D eigenvalue weighted by molar-refractivity contribution is 0.0784. The van der Waals surface area contributed by atoms with Crippen LogP contribution in [0.25, 0.3) is 22.5 Å². The number of nitrogens with zero attached hydrogens (tertiary/aromatic N) is 5. The van der Waals surface area contributed by atoms with Gasteiger partial charge in [0.15, 0.2) is 5.82 Å². The average Bonchev–Trinajstić information content (AvgIpc) is 2.79. The molecule has 3 aromatic rings. The standard InChI is InChI=1S/C26H32N6O2/c1-25-11-5-12-26(2,30-25)16-18(15-25)32(4)23-9-8-21(28-29-23)19-7-6-17(14-22(19)33)20-10-13-31(3)24(34)27-20/h6-10,13-14,18,30,33H,5,11-12,15-16H2,1-4H3/t18-,25-,26+. The van der Waals surface area contributed by atoms with Crippen molar-refractivity contribution in [2.24, 2.45) is 7.05 Å². The Bertz CT molecular complexity index is 1260. The number of aromatic hydroxyl groups is 1. The summed E-state index contributed by atoms with van der Waals surface area (Å²) in [7, 11) is 3.75. The molecule has 0 aliphatic carbocycles. The zero-order chi connectivity index (χ0) is 24.1. The quantitative estimate of drug-likeness (QED) is 0.615. The number of hydrogen-bond acceptors (Lipinski definition) is 7. The van der Waals surface area contributed by atoms with Crippen molar-refractivity contribution < 1.29 is 5.11 Å². The van der Waals surface area contributed by atoms with Gasteiger partial charge >= 0.3 is 5.69 Å². The van der Waals surface area contributed by atoms with Gasteiger partial charge < -0.3 is 19.9 Å². The van der Waals surface area contributed by atoms with Gasteiger partial charge in [-0.2, -0.15) is 4.98 Å². The predicted molar refractivity (Wildman–Crippen MR) is 133 cm³/mol. The molecule has 2 aliphatic heterocycles. The van der Waals surface area contributed by atoms with E-state index in [9.17, 15) is 9.90 Å². The van der Waals surface area contributed by atoms with Crippen LogP contribution in [0.1, 0.15) is 46.0 Å². The second-order valence-corrected chi connectivity index (χ2v) is 10.5. The number of phenols is 1. The van der Waals surface area contributed by atoms with Gasteiger partial charge in [-0.25, -0.2) is 4.79 Å². The lowest BCUT2D eigenvalue weighted by Crippen LogP contribution is -2.66. The zero-order valence-electron chi connectivity index (χ0n) is 20.2. The second kappa shape index (κ2) is 8.20. The Kier molecular flexibility index (Phi) is 5.43. The summed E-state index contributed by atoms with van der Waals surface area (Å²) in [5.74, 6) is 0.906. The van der Waals surface area contributed by atoms with Crippen LogP contribution in [0.15, 0.2) is 47.4 Å². The third kappa shape index (κ3) is 4.18. The van der Waals surface area contributed by atoms with Gasteiger partial charge in [0.2, 0.25) is 0 Å². The first-order valence-corrected chi connectivity index (χ1v) is 11.9. The Morgan fingerprint density at radius 3 is 2.41 bits per heavy atom. The second-order valence-electron chi connectivity index (χ2n) is 10.5. The monoisotopic (exact) mass is 460 g/mol. The van der Waals surface area contributed by atoms with Crippen molar-refractivity contribution in [3.63, 3.8) is 0 Å². The minimum absolute atomic E-state index is 0.0717. The molecule has 0 radical (unpaired) electrons. The number of phenolic OH excluding ortho intramolecular Hbond substituents is 1. The highest BCUT2D eigenvalue weighted by atomic mass is 16.3. The molecular weight excluding hydrogens is 428 g/mol. The fourth-order valence-electron chi connectivity index (χ4n) is 5.79. The number of benzene rings is 1. The summed E-state index contributed by atoms with van der Waals surface area (Å²) in [6.07, 6.45) is 7.53. The van der Waals surface area contributed by atoms with Crippen LogP contribution in [-0.2, 0) is 7.05 Å². The van der Waals surface area contributed by atoms with Crippen molar-refractivity contribution >= 4 is 5.82 Å². The van der Waals surface area contributed by atoms with Gasteiger partial charge in [-0.05, 0) is 76.3 Å². The smallest absolute Gasteiger partial charge is 0.347 e. The van der Waals surface area contributed by atoms with E-state index in [1.807, 2.05) is 18.2 Å². The molecule has 4 heterocycles. The summed E-state index contributed by atoms with van der Waals surface area (Å²) < 4.78 is 1.41. The highest BCUT2D eigenvalue weighted by Crippen LogP contribution is 2.42. The number of aromatic nitrogens is 4. The van der Waals surface area contributed by atoms with Crippen molar-refractivity contribution in [2.45, 2.75) is 63.1 Å². The minimum Gasteiger partial charge on any atom is -0.507 e. The average molecular weight is 461 g/mol. The van der Waals surface area contributed by atoms with Crippen molar-refractivity contribution in [1.29, 1.82) is 0 Å². The largest absolute Gasteiger partial charge is 0.507 e. The fraction of sp³-hybridized carbons (Fsp3) is 0.462. The molecule has 8 heteroatoms. The Balaban J connectivity index is 1.36. The van der Waals surface area contributed by atoms with Gasteiger partial charge in [-0.3, -0.25) is 0 Å². The van der Waals surface area contributed by atoms with E-state index in [0.29, 0.717) is 28.6 Å². The molecule has 2 bridgehead atoms. The van der Waals surface area contributed by atoms with Crippen molar-refractivity contribution in [3.8, 4) is 28.3 Å². The first-order chi connectivity index (χ1) is 16.1. The number of fused-ring (bicyclic) bond motifs is 2. The first-order valence-electron chi connectivity index (χ1n) is 11.9. The number of anilines is 1. The summed E-state index contributed by atoms with van der Waals surface area (Å²) in [4.78, 5) is 18.1. The topological polar surface area (TPSA) is 96.2 Å². The van der Waals surface area contributed by atoms with Crippen LogP contribution in [0, 0.1) is 0 Å². The highest BCUT2D eigenvalue weighted by Gasteiger charge is 2.46. The molecule has 2 N–H and O–H groups in total. The molecular formula is C26H32N6O2. The molecule has 178 valence electrons. The van der Waals surface area contributed by atoms with E-state index in [1.165, 1.54) is 23.8 Å². The number of aryl methyl sites for hydroxylation is 1. The molecule has 3 atom stereocenters. The summed E-state index contributed by atoms with van der Waals surface area (Å²) in [6.45, 7) is 4.68. The molecule has 2 saturated heterocycles. The van der Waals surface area contributed by atoms with Gasteiger partial charge in [-0.15, -0.1) is 10.2 Å². The Labute approximate surface area is 199 Å². The SMILES string of the molecule is CN(c1ccc(-c2ccc(-c3ccn(C)c(=O)n3)cc2O)nn1)[C@H]1C[C@]2(C)CCC[C@](C)(C1)N2. The molecule has 0 amide bonds. The molecule has 2 fully saturated rings. The first kappa shape index (κ1) is 22.5. The Hall–Kier alpha value is -3.26. The Morgan fingerprint density at radius 2 is 1.79 bits per heavy atom. The molecule has 34 heavy (non-hydrogen) atoms. The van der Waals surface area contributed by atoms with E-state index in [-0.39, 0.29) is 22.5 Å². The van der Waals surface area contributed by atoms with E-state index in [4.69, 9.17) is 0 Å². The van der Waals surface area contributed by atoms with Crippen molar-refractivity contribution in [3.05, 3.63) is 53.1 Å². The normalized spacial score (nSPS) is 26.3. The lowest BCUT2D eigenvalue weighted by atomic mass is 9.69. The third-order valence-electron chi connectivity index (χ3n) is 7.54. The van der Waals surface area contributed by atoms with Gasteiger partial charge in [0.05, 0.1) is 11.4 Å². The molecule has 5 rings (SSSR count). The van der Waals surface area contributed by atoms with Gasteiger partial charge in [-0.1, -0.05) is 6.07 Å². The zero-order valence-corrected chi connectivity index (χ0v) is 20.2. The summed E-state index contributed by atoms with van der Waals surface area (Å²) in [5, 5.41) is 23.5. The van der Waals surface area contributed by atoms with Gasteiger partial charge in [0, 0.05) is 48.5 Å². The van der Waals surface area contributed by atoms with Crippen molar-refractivity contribution in [1.82, 2.24) is 25.1 Å². The van der Waals surface area contributed by atoms with Crippen LogP contribution in [0.4, 0.5) is 5.82 Å². The lowest BCUT2D eigenvalue weighted by Gasteiger charge is -2.55. The van der Waals surface area contributed by atoms with Crippen molar-refractivity contribution in [2.75, 3.05) is 11.9 Å². The van der Waals surface area contributed by atoms with E-state index in [0.717, 1.165) is 18.7 Å². The van der Waals surface area contributed by atoms with E-state index < -0.39 is 0 Å². The number of piperidine rings is 2. The molecule has 8 nitrogen and oxygen atoms in total. The van der Waals surface area contributed by atoms with Crippen LogP contribution in [-0.4, -0.2) is 49.0 Å². The van der Waals surface area contributed by atoms with Gasteiger partial charge in [0.25, 0.3) is 0 Å². The molecule has 2 aliphatic rings. The highest BCUT2D eigenvalue weighted by molar-refractivity contribution is 5.73. The van der Waals surface area contributed by atoms with Crippen LogP contribution < -0.4 is 15.9 Å². The van der Waals surface area contributed by atoms with E-state index in [1.54, 1.807) is 31.4 Å². The van der Waals surface area contributed by atoms with Crippen LogP contribution in [0.2, 0.25) is 0 Å². The molecule has 0 saturated carbocycles. The van der Waals surface area contributed by atoms with Crippen LogP contribution in [0.3, 0.4) is 0 Å². The fourth-order valence-corrected chi connectivity index (χ4v) is 5.79. The number of hydrogen-bond donors (Lipinski definition) is 2. The summed E-state index contributed by atoms with van der Waals surface area (Å²) in [5.41, 5.74) is 2.37. The number of nitrogens with one attached hydrogen (secondary N) is 1. The van der Waals surface area contributed by atoms with Crippen LogP contribution >= 0.6 is 0 Å². The van der Waals surface area contributed by atoms with Crippen LogP contribution in [0.5, 0.6) is 5.75 Å². The van der Waals surface area contributed by atoms with E-state index in [2.05, 4.69) is 46.3 Å². The van der Waals surface area contributed by atoms with E-state index >= 15 is 0 Å². The minimum atomic E-state index is -0.341. The predicted octanol–water partition coefficient (Wildman–Crippen LogP) is 3.50. The molecule has 1 aromatic carbocycles. The maximum atomic E-state index is 11.8. The maximum absolute atomic E-state index is 11.8. The third-order valence-corrected chi connectivity index (χ3v) is 7.54.